The maximum absolute atomic E-state index is 8.83. The summed E-state index contributed by atoms with van der Waals surface area (Å²) in [5.41, 5.74) is 2.35. The van der Waals surface area contributed by atoms with Gasteiger partial charge in [0.15, 0.2) is 0 Å². The van der Waals surface area contributed by atoms with Gasteiger partial charge in [0.25, 0.3) is 0 Å². The summed E-state index contributed by atoms with van der Waals surface area (Å²) in [6.07, 6.45) is 0. The van der Waals surface area contributed by atoms with Gasteiger partial charge in [-0.3, -0.25) is 4.68 Å². The minimum absolute atomic E-state index is 0.283. The normalized spacial score (nSPS) is 12.6. The molecule has 0 atom stereocenters. The van der Waals surface area contributed by atoms with Gasteiger partial charge in [0, 0.05) is 11.4 Å². The third kappa shape index (κ3) is 1.56. The van der Waals surface area contributed by atoms with Gasteiger partial charge in [0.05, 0.1) is 5.52 Å². The summed E-state index contributed by atoms with van der Waals surface area (Å²) in [6.45, 7) is 5.91. The zero-order chi connectivity index (χ0) is 11.7. The van der Waals surface area contributed by atoms with E-state index in [2.05, 4.69) is 24.1 Å². The fraction of sp³-hybridized carbons (Fsp3) is 0.333. The number of rotatable bonds is 2. The van der Waals surface area contributed by atoms with Crippen molar-refractivity contribution in [2.75, 3.05) is 0 Å². The number of fused-ring (bicyclic) bond motifs is 1. The van der Waals surface area contributed by atoms with Gasteiger partial charge in [-0.05, 0) is 26.8 Å². The summed E-state index contributed by atoms with van der Waals surface area (Å²) < 4.78 is 1.94. The van der Waals surface area contributed by atoms with Crippen LogP contribution >= 0.6 is 0 Å². The molecule has 2 aromatic rings. The van der Waals surface area contributed by atoms with Crippen molar-refractivity contribution in [2.24, 2.45) is 5.16 Å². The van der Waals surface area contributed by atoms with Crippen LogP contribution in [0, 0.1) is 0 Å². The summed E-state index contributed by atoms with van der Waals surface area (Å²) in [5, 5.41) is 17.6. The van der Waals surface area contributed by atoms with E-state index in [0.29, 0.717) is 5.71 Å². The highest BCUT2D eigenvalue weighted by Gasteiger charge is 2.13. The van der Waals surface area contributed by atoms with Gasteiger partial charge in [-0.25, -0.2) is 0 Å². The molecule has 2 rings (SSSR count). The van der Waals surface area contributed by atoms with Gasteiger partial charge >= 0.3 is 0 Å². The van der Waals surface area contributed by atoms with Crippen molar-refractivity contribution < 1.29 is 5.21 Å². The van der Waals surface area contributed by atoms with Gasteiger partial charge in [-0.15, -0.1) is 0 Å². The Hall–Kier alpha value is -1.84. The lowest BCUT2D eigenvalue weighted by atomic mass is 10.1. The predicted octanol–water partition coefficient (Wildman–Crippen LogP) is 2.82. The van der Waals surface area contributed by atoms with Crippen molar-refractivity contribution in [3.63, 3.8) is 0 Å². The molecule has 0 amide bonds. The number of benzene rings is 1. The van der Waals surface area contributed by atoms with Gasteiger partial charge < -0.3 is 5.21 Å². The summed E-state index contributed by atoms with van der Waals surface area (Å²) in [4.78, 5) is 0. The van der Waals surface area contributed by atoms with E-state index in [1.807, 2.05) is 28.9 Å². The molecule has 0 aliphatic rings. The Kier molecular flexibility index (Phi) is 2.64. The highest BCUT2D eigenvalue weighted by Crippen LogP contribution is 2.21. The van der Waals surface area contributed by atoms with Gasteiger partial charge in [0.1, 0.15) is 11.4 Å². The minimum Gasteiger partial charge on any atom is -0.411 e. The van der Waals surface area contributed by atoms with Gasteiger partial charge in [0.2, 0.25) is 0 Å². The third-order valence-corrected chi connectivity index (χ3v) is 2.60. The van der Waals surface area contributed by atoms with Gasteiger partial charge in [-0.1, -0.05) is 23.4 Å². The molecule has 1 aromatic carbocycles. The van der Waals surface area contributed by atoms with E-state index < -0.39 is 0 Å². The zero-order valence-electron chi connectivity index (χ0n) is 9.68. The molecule has 1 heterocycles. The van der Waals surface area contributed by atoms with Crippen molar-refractivity contribution in [3.05, 3.63) is 30.0 Å². The second-order valence-electron chi connectivity index (χ2n) is 4.09. The lowest BCUT2D eigenvalue weighted by Gasteiger charge is -2.05. The fourth-order valence-electron chi connectivity index (χ4n) is 1.80. The highest BCUT2D eigenvalue weighted by molar-refractivity contribution is 6.07. The number of oxime groups is 1. The van der Waals surface area contributed by atoms with Crippen molar-refractivity contribution >= 4 is 16.6 Å². The van der Waals surface area contributed by atoms with Crippen LogP contribution in [0.1, 0.15) is 32.5 Å². The molecule has 4 nitrogen and oxygen atoms in total. The summed E-state index contributed by atoms with van der Waals surface area (Å²) in [5.74, 6) is 0. The van der Waals surface area contributed by atoms with Crippen molar-refractivity contribution in [3.8, 4) is 0 Å². The van der Waals surface area contributed by atoms with Crippen molar-refractivity contribution in [1.29, 1.82) is 0 Å². The minimum atomic E-state index is 0.283. The highest BCUT2D eigenvalue weighted by atomic mass is 16.4. The van der Waals surface area contributed by atoms with E-state index in [1.54, 1.807) is 6.92 Å². The monoisotopic (exact) mass is 217 g/mol. The molecule has 4 heteroatoms. The average Bonchev–Trinajstić information content (AvgIpc) is 2.67. The molecular formula is C12H15N3O. The van der Waals surface area contributed by atoms with Crippen LogP contribution in [0.2, 0.25) is 0 Å². The smallest absolute Gasteiger partial charge is 0.117 e. The fourth-order valence-corrected chi connectivity index (χ4v) is 1.80. The Balaban J connectivity index is 2.77. The summed E-state index contributed by atoms with van der Waals surface area (Å²) >= 11 is 0. The first-order valence-electron chi connectivity index (χ1n) is 5.31. The Morgan fingerprint density at radius 1 is 1.38 bits per heavy atom. The molecule has 0 aliphatic heterocycles. The second kappa shape index (κ2) is 3.96. The van der Waals surface area contributed by atoms with Crippen LogP contribution in [0.3, 0.4) is 0 Å². The Morgan fingerprint density at radius 3 is 2.69 bits per heavy atom. The largest absolute Gasteiger partial charge is 0.411 e. The number of aromatic nitrogens is 2. The molecule has 0 spiro atoms. The van der Waals surface area contributed by atoms with Crippen molar-refractivity contribution in [1.82, 2.24) is 9.78 Å². The summed E-state index contributed by atoms with van der Waals surface area (Å²) in [6, 6.07) is 8.24. The first-order valence-corrected chi connectivity index (χ1v) is 5.31. The maximum Gasteiger partial charge on any atom is 0.117 e. The molecule has 1 N–H and O–H groups in total. The first-order chi connectivity index (χ1) is 7.65. The Bertz CT molecular complexity index is 540. The molecule has 0 aliphatic carbocycles. The maximum atomic E-state index is 8.83. The van der Waals surface area contributed by atoms with E-state index in [1.165, 1.54) is 0 Å². The number of hydrogen-bond donors (Lipinski definition) is 1. The molecule has 0 saturated heterocycles. The van der Waals surface area contributed by atoms with Crippen molar-refractivity contribution in [2.45, 2.75) is 26.8 Å². The van der Waals surface area contributed by atoms with E-state index in [0.717, 1.165) is 16.6 Å². The molecule has 0 saturated carbocycles. The summed E-state index contributed by atoms with van der Waals surface area (Å²) in [7, 11) is 0. The van der Waals surface area contributed by atoms with E-state index in [-0.39, 0.29) is 6.04 Å². The van der Waals surface area contributed by atoms with Crippen LogP contribution in [0.25, 0.3) is 10.9 Å². The molecule has 0 unspecified atom stereocenters. The van der Waals surface area contributed by atoms with Crippen LogP contribution in [-0.4, -0.2) is 20.7 Å². The zero-order valence-corrected chi connectivity index (χ0v) is 9.68. The lowest BCUT2D eigenvalue weighted by molar-refractivity contribution is 0.319. The molecule has 0 fully saturated rings. The van der Waals surface area contributed by atoms with Crippen LogP contribution in [0.5, 0.6) is 0 Å². The van der Waals surface area contributed by atoms with Crippen LogP contribution in [0.15, 0.2) is 29.4 Å². The Labute approximate surface area is 94.2 Å². The molecule has 1 aromatic heterocycles. The quantitative estimate of drug-likeness (QED) is 0.477. The van der Waals surface area contributed by atoms with Gasteiger partial charge in [-0.2, -0.15) is 5.10 Å². The lowest BCUT2D eigenvalue weighted by Crippen LogP contribution is -2.04. The van der Waals surface area contributed by atoms with Crippen LogP contribution < -0.4 is 0 Å². The molecule has 0 radical (unpaired) electrons. The average molecular weight is 217 g/mol. The number of nitrogens with zero attached hydrogens (tertiary/aromatic N) is 3. The standard InChI is InChI=1S/C12H15N3O/c1-8(2)15-11-7-5-4-6-10(11)12(13-15)9(3)14-16/h4-8,16H,1-3H3/b14-9+. The second-order valence-corrected chi connectivity index (χ2v) is 4.09. The van der Waals surface area contributed by atoms with Crippen LogP contribution in [-0.2, 0) is 0 Å². The SMILES string of the molecule is C/C(=N\O)c1nn(C(C)C)c2ccccc12. The van der Waals surface area contributed by atoms with Crippen LogP contribution in [0.4, 0.5) is 0 Å². The predicted molar refractivity (Wildman–Crippen MR) is 64.1 cm³/mol. The van der Waals surface area contributed by atoms with E-state index in [9.17, 15) is 0 Å². The number of hydrogen-bond acceptors (Lipinski definition) is 3. The van der Waals surface area contributed by atoms with E-state index in [4.69, 9.17) is 5.21 Å². The molecule has 16 heavy (non-hydrogen) atoms. The third-order valence-electron chi connectivity index (χ3n) is 2.60. The number of para-hydroxylation sites is 1. The molecule has 84 valence electrons. The first kappa shape index (κ1) is 10.7. The topological polar surface area (TPSA) is 50.4 Å². The molecular weight excluding hydrogens is 202 g/mol. The molecule has 0 bridgehead atoms. The Morgan fingerprint density at radius 2 is 2.06 bits per heavy atom. The van der Waals surface area contributed by atoms with E-state index >= 15 is 0 Å².